The summed E-state index contributed by atoms with van der Waals surface area (Å²) in [6, 6.07) is 11.9. The molecule has 2 unspecified atom stereocenters. The molecule has 0 aliphatic rings. The monoisotopic (exact) mass is 523 g/mol. The zero-order valence-electron chi connectivity index (χ0n) is 25.5. The Labute approximate surface area is 237 Å². The molecule has 0 fully saturated rings. The molecule has 38 heavy (non-hydrogen) atoms. The molecule has 2 rings (SSSR count). The number of hydrogen-bond acceptors (Lipinski definition) is 0. The van der Waals surface area contributed by atoms with E-state index in [0.29, 0.717) is 12.0 Å². The maximum Gasteiger partial charge on any atom is 0.241 e. The minimum atomic E-state index is 0.606. The molecule has 2 nitrogen and oxygen atoms in total. The number of unbranched alkanes of at least 4 members (excludes halogenated alkanes) is 18. The lowest BCUT2D eigenvalue weighted by Crippen LogP contribution is -2.42. The third-order valence-electron chi connectivity index (χ3n) is 8.62. The molecule has 0 saturated carbocycles. The van der Waals surface area contributed by atoms with Crippen LogP contribution in [-0.4, -0.2) is 4.98 Å². The summed E-state index contributed by atoms with van der Waals surface area (Å²) in [6.45, 7) is 4.61. The van der Waals surface area contributed by atoms with E-state index >= 15 is 0 Å². The maximum atomic E-state index is 3.34. The van der Waals surface area contributed by atoms with Gasteiger partial charge < -0.3 is 0 Å². The fraction of sp³-hybridized carbons (Fsp3) is 0.750. The van der Waals surface area contributed by atoms with Crippen LogP contribution >= 0.6 is 0 Å². The Balaban J connectivity index is 1.77. The van der Waals surface area contributed by atoms with Crippen molar-refractivity contribution in [1.82, 2.24) is 4.98 Å². The molecule has 0 bridgehead atoms. The molecule has 0 spiro atoms. The Morgan fingerprint density at radius 3 is 1.53 bits per heavy atom. The molecular weight excluding hydrogens is 460 g/mol. The van der Waals surface area contributed by atoms with E-state index in [1.54, 1.807) is 0 Å². The molecule has 1 N–H and O–H groups in total. The van der Waals surface area contributed by atoms with Crippen LogP contribution in [0, 0.1) is 5.92 Å². The van der Waals surface area contributed by atoms with Crippen molar-refractivity contribution in [2.75, 3.05) is 0 Å². The highest BCUT2D eigenvalue weighted by Gasteiger charge is 2.26. The van der Waals surface area contributed by atoms with Crippen LogP contribution in [0.1, 0.15) is 167 Å². The van der Waals surface area contributed by atoms with Gasteiger partial charge in [0.05, 0.1) is 0 Å². The number of imidazole rings is 1. The van der Waals surface area contributed by atoms with Crippen LogP contribution < -0.4 is 4.57 Å². The van der Waals surface area contributed by atoms with Crippen molar-refractivity contribution in [2.45, 2.75) is 168 Å². The zero-order valence-corrected chi connectivity index (χ0v) is 25.5. The van der Waals surface area contributed by atoms with Gasteiger partial charge in [0.25, 0.3) is 0 Å². The third-order valence-corrected chi connectivity index (χ3v) is 8.62. The van der Waals surface area contributed by atoms with Crippen LogP contribution in [0.15, 0.2) is 49.1 Å². The number of H-pyrrole nitrogens is 1. The number of rotatable bonds is 26. The van der Waals surface area contributed by atoms with Gasteiger partial charge >= 0.3 is 0 Å². The van der Waals surface area contributed by atoms with Gasteiger partial charge in [-0.25, -0.2) is 4.57 Å². The Bertz CT molecular complexity index is 723. The van der Waals surface area contributed by atoms with Crippen LogP contribution in [0.2, 0.25) is 0 Å². The van der Waals surface area contributed by atoms with Gasteiger partial charge in [0, 0.05) is 5.92 Å². The summed E-state index contributed by atoms with van der Waals surface area (Å²) < 4.78 is 2.50. The first-order chi connectivity index (χ1) is 18.8. The predicted molar refractivity (Wildman–Crippen MR) is 167 cm³/mol. The first-order valence-electron chi connectivity index (χ1n) is 16.9. The van der Waals surface area contributed by atoms with E-state index in [1.807, 2.05) is 0 Å². The van der Waals surface area contributed by atoms with E-state index in [1.165, 1.54) is 153 Å². The Hall–Kier alpha value is -1.57. The average Bonchev–Trinajstić information content (AvgIpc) is 3.48. The SMILES string of the molecule is CCCCCCCCCCCCCCC(C(CCCCCCCCCC)Cc1ccccc1)[n+]1cc[nH]c1. The lowest BCUT2D eigenvalue weighted by Gasteiger charge is -2.25. The van der Waals surface area contributed by atoms with Gasteiger partial charge in [-0.1, -0.05) is 166 Å². The fourth-order valence-electron chi connectivity index (χ4n) is 6.22. The topological polar surface area (TPSA) is 19.7 Å². The summed E-state index contributed by atoms with van der Waals surface area (Å²) in [4.78, 5) is 3.34. The average molecular weight is 524 g/mol. The normalized spacial score (nSPS) is 13.1. The van der Waals surface area contributed by atoms with Crippen molar-refractivity contribution in [3.63, 3.8) is 0 Å². The highest BCUT2D eigenvalue weighted by molar-refractivity contribution is 5.15. The molecule has 2 aromatic rings. The van der Waals surface area contributed by atoms with Crippen molar-refractivity contribution in [3.05, 3.63) is 54.6 Å². The quantitative estimate of drug-likeness (QED) is 0.0934. The van der Waals surface area contributed by atoms with E-state index in [9.17, 15) is 0 Å². The Kier molecular flexibility index (Phi) is 20.0. The minimum absolute atomic E-state index is 0.606. The molecule has 2 atom stereocenters. The Morgan fingerprint density at radius 1 is 0.579 bits per heavy atom. The van der Waals surface area contributed by atoms with Crippen molar-refractivity contribution in [3.8, 4) is 0 Å². The van der Waals surface area contributed by atoms with E-state index in [4.69, 9.17) is 0 Å². The first kappa shape index (κ1) is 32.6. The van der Waals surface area contributed by atoms with Gasteiger partial charge in [0.1, 0.15) is 18.4 Å². The lowest BCUT2D eigenvalue weighted by molar-refractivity contribution is -0.730. The highest BCUT2D eigenvalue weighted by Crippen LogP contribution is 2.29. The number of aromatic nitrogens is 2. The molecule has 1 aromatic heterocycles. The van der Waals surface area contributed by atoms with Crippen molar-refractivity contribution in [1.29, 1.82) is 0 Å². The summed E-state index contributed by atoms with van der Waals surface area (Å²) >= 11 is 0. The van der Waals surface area contributed by atoms with Gasteiger partial charge in [0.15, 0.2) is 0 Å². The molecule has 2 heteroatoms. The molecule has 1 heterocycles. The van der Waals surface area contributed by atoms with Crippen LogP contribution in [0.4, 0.5) is 0 Å². The fourth-order valence-corrected chi connectivity index (χ4v) is 6.22. The van der Waals surface area contributed by atoms with Crippen molar-refractivity contribution in [2.24, 2.45) is 5.92 Å². The van der Waals surface area contributed by atoms with E-state index in [-0.39, 0.29) is 0 Å². The maximum absolute atomic E-state index is 3.34. The second kappa shape index (κ2) is 23.3. The largest absolute Gasteiger partial charge is 0.250 e. The first-order valence-corrected chi connectivity index (χ1v) is 16.9. The second-order valence-corrected chi connectivity index (χ2v) is 12.0. The molecular formula is C36H63N2+. The zero-order chi connectivity index (χ0) is 26.9. The van der Waals surface area contributed by atoms with Crippen LogP contribution in [-0.2, 0) is 6.42 Å². The van der Waals surface area contributed by atoms with E-state index < -0.39 is 0 Å². The van der Waals surface area contributed by atoms with Gasteiger partial charge in [0.2, 0.25) is 6.33 Å². The van der Waals surface area contributed by atoms with Crippen molar-refractivity contribution >= 4 is 0 Å². The highest BCUT2D eigenvalue weighted by atomic mass is 15.1. The summed E-state index contributed by atoms with van der Waals surface area (Å²) in [5.74, 6) is 0.714. The second-order valence-electron chi connectivity index (χ2n) is 12.0. The van der Waals surface area contributed by atoms with Crippen LogP contribution in [0.25, 0.3) is 0 Å². The number of benzene rings is 1. The van der Waals surface area contributed by atoms with Gasteiger partial charge in [-0.05, 0) is 31.2 Å². The molecule has 0 saturated heterocycles. The number of aromatic amines is 1. The van der Waals surface area contributed by atoms with Gasteiger partial charge in [-0.3, -0.25) is 4.98 Å². The molecule has 1 aromatic carbocycles. The van der Waals surface area contributed by atoms with Crippen LogP contribution in [0.5, 0.6) is 0 Å². The van der Waals surface area contributed by atoms with E-state index in [0.717, 1.165) is 0 Å². The minimum Gasteiger partial charge on any atom is -0.250 e. The predicted octanol–water partition coefficient (Wildman–Crippen LogP) is 11.3. The van der Waals surface area contributed by atoms with E-state index in [2.05, 4.69) is 72.5 Å². The molecule has 0 amide bonds. The van der Waals surface area contributed by atoms with Crippen molar-refractivity contribution < 1.29 is 4.57 Å². The number of nitrogens with zero attached hydrogens (tertiary/aromatic N) is 1. The van der Waals surface area contributed by atoms with Crippen LogP contribution in [0.3, 0.4) is 0 Å². The van der Waals surface area contributed by atoms with Gasteiger partial charge in [-0.15, -0.1) is 0 Å². The summed E-state index contributed by atoms with van der Waals surface area (Å²) in [5, 5.41) is 0. The standard InChI is InChI=1S/C36H62N2/c1-3-5-7-9-11-13-14-15-16-18-20-25-29-36(38-31-30-37-33-38)35(32-34-26-22-21-23-27-34)28-24-19-17-12-10-8-6-4-2/h21-23,26-27,30-31,33,35-36H,3-20,24-25,28-29,32H2,1-2H3/p+1. The lowest BCUT2D eigenvalue weighted by atomic mass is 9.84. The summed E-state index contributed by atoms with van der Waals surface area (Å²) in [6.07, 6.45) is 38.8. The molecule has 0 aliphatic carbocycles. The smallest absolute Gasteiger partial charge is 0.241 e. The summed E-state index contributed by atoms with van der Waals surface area (Å²) in [5.41, 5.74) is 1.51. The number of nitrogens with one attached hydrogen (secondary N) is 1. The summed E-state index contributed by atoms with van der Waals surface area (Å²) in [7, 11) is 0. The molecule has 216 valence electrons. The van der Waals surface area contributed by atoms with Gasteiger partial charge in [-0.2, -0.15) is 0 Å². The Morgan fingerprint density at radius 2 is 1.05 bits per heavy atom. The molecule has 0 aliphatic heterocycles. The molecule has 0 radical (unpaired) electrons. The number of hydrogen-bond donors (Lipinski definition) is 1. The third kappa shape index (κ3) is 15.7.